The van der Waals surface area contributed by atoms with Crippen LogP contribution < -0.4 is 5.32 Å². The molecule has 4 rings (SSSR count). The van der Waals surface area contributed by atoms with Crippen molar-refractivity contribution in [2.75, 3.05) is 13.1 Å². The molecule has 9 heteroatoms. The van der Waals surface area contributed by atoms with Crippen LogP contribution in [0.4, 0.5) is 0 Å². The van der Waals surface area contributed by atoms with Crippen LogP contribution in [0.1, 0.15) is 41.7 Å². The Morgan fingerprint density at radius 1 is 1.19 bits per heavy atom. The molecule has 8 nitrogen and oxygen atoms in total. The summed E-state index contributed by atoms with van der Waals surface area (Å²) in [7, 11) is -3.13. The van der Waals surface area contributed by atoms with E-state index in [1.54, 1.807) is 33.7 Å². The van der Waals surface area contributed by atoms with Crippen LogP contribution in [0.2, 0.25) is 0 Å². The third kappa shape index (κ3) is 3.89. The lowest BCUT2D eigenvalue weighted by Gasteiger charge is -2.31. The van der Waals surface area contributed by atoms with E-state index in [-0.39, 0.29) is 17.2 Å². The Morgan fingerprint density at radius 2 is 1.93 bits per heavy atom. The SMILES string of the molecule is Cc1cc(C(=O)NC2CCN(S(=O)(=O)C3CC3)CC2)nc(-n2ccnc2)c1. The van der Waals surface area contributed by atoms with Crippen molar-refractivity contribution in [3.8, 4) is 5.82 Å². The summed E-state index contributed by atoms with van der Waals surface area (Å²) in [5.41, 5.74) is 1.29. The van der Waals surface area contributed by atoms with E-state index in [9.17, 15) is 13.2 Å². The number of sulfonamides is 1. The molecule has 0 radical (unpaired) electrons. The molecule has 0 spiro atoms. The van der Waals surface area contributed by atoms with Gasteiger partial charge in [-0.15, -0.1) is 0 Å². The maximum atomic E-state index is 12.7. The predicted octanol–water partition coefficient (Wildman–Crippen LogP) is 1.26. The molecule has 1 saturated carbocycles. The summed E-state index contributed by atoms with van der Waals surface area (Å²) >= 11 is 0. The number of aryl methyl sites for hydroxylation is 1. The molecule has 2 aromatic heterocycles. The summed E-state index contributed by atoms with van der Waals surface area (Å²) in [4.78, 5) is 21.1. The van der Waals surface area contributed by atoms with Crippen molar-refractivity contribution >= 4 is 15.9 Å². The summed E-state index contributed by atoms with van der Waals surface area (Å²) in [6, 6.07) is 3.60. The van der Waals surface area contributed by atoms with Gasteiger partial charge in [-0.2, -0.15) is 0 Å². The molecule has 0 unspecified atom stereocenters. The van der Waals surface area contributed by atoms with E-state index in [1.165, 1.54) is 0 Å². The first-order chi connectivity index (χ1) is 12.9. The van der Waals surface area contributed by atoms with Gasteiger partial charge in [-0.25, -0.2) is 22.7 Å². The molecule has 1 saturated heterocycles. The second kappa shape index (κ2) is 7.05. The van der Waals surface area contributed by atoms with Gasteiger partial charge >= 0.3 is 0 Å². The number of imidazole rings is 1. The summed E-state index contributed by atoms with van der Waals surface area (Å²) < 4.78 is 27.9. The molecule has 3 heterocycles. The van der Waals surface area contributed by atoms with E-state index in [0.29, 0.717) is 37.4 Å². The number of rotatable bonds is 5. The number of carbonyl (C=O) groups is 1. The molecule has 0 aromatic carbocycles. The number of carbonyl (C=O) groups excluding carboxylic acids is 1. The number of hydrogen-bond acceptors (Lipinski definition) is 5. The molecule has 27 heavy (non-hydrogen) atoms. The monoisotopic (exact) mass is 389 g/mol. The normalized spacial score (nSPS) is 19.1. The molecule has 1 aliphatic heterocycles. The highest BCUT2D eigenvalue weighted by Gasteiger charge is 2.41. The zero-order chi connectivity index (χ0) is 19.0. The summed E-state index contributed by atoms with van der Waals surface area (Å²) in [5.74, 6) is 0.409. The van der Waals surface area contributed by atoms with E-state index in [1.807, 2.05) is 13.0 Å². The van der Waals surface area contributed by atoms with Gasteiger partial charge in [-0.05, 0) is 50.3 Å². The molecular formula is C18H23N5O3S. The third-order valence-corrected chi connectivity index (χ3v) is 7.45. The van der Waals surface area contributed by atoms with Crippen LogP contribution >= 0.6 is 0 Å². The summed E-state index contributed by atoms with van der Waals surface area (Å²) in [6.07, 6.45) is 7.87. The molecule has 0 bridgehead atoms. The maximum Gasteiger partial charge on any atom is 0.270 e. The summed E-state index contributed by atoms with van der Waals surface area (Å²) in [6.45, 7) is 2.84. The molecule has 2 fully saturated rings. The van der Waals surface area contributed by atoms with Gasteiger partial charge in [-0.1, -0.05) is 0 Å². The topological polar surface area (TPSA) is 97.2 Å². The van der Waals surface area contributed by atoms with Gasteiger partial charge in [0.25, 0.3) is 5.91 Å². The summed E-state index contributed by atoms with van der Waals surface area (Å²) in [5, 5.41) is 2.82. The lowest BCUT2D eigenvalue weighted by molar-refractivity contribution is 0.0918. The van der Waals surface area contributed by atoms with Crippen LogP contribution in [0.5, 0.6) is 0 Å². The lowest BCUT2D eigenvalue weighted by Crippen LogP contribution is -2.47. The minimum atomic E-state index is -3.13. The highest BCUT2D eigenvalue weighted by atomic mass is 32.2. The van der Waals surface area contributed by atoms with Crippen molar-refractivity contribution in [3.63, 3.8) is 0 Å². The van der Waals surface area contributed by atoms with Crippen LogP contribution in [0.3, 0.4) is 0 Å². The van der Waals surface area contributed by atoms with Crippen molar-refractivity contribution in [3.05, 3.63) is 42.1 Å². The minimum Gasteiger partial charge on any atom is -0.348 e. The van der Waals surface area contributed by atoms with E-state index in [4.69, 9.17) is 0 Å². The van der Waals surface area contributed by atoms with E-state index >= 15 is 0 Å². The molecule has 1 aliphatic carbocycles. The van der Waals surface area contributed by atoms with Gasteiger partial charge in [0, 0.05) is 31.5 Å². The van der Waals surface area contributed by atoms with Crippen molar-refractivity contribution < 1.29 is 13.2 Å². The minimum absolute atomic E-state index is 0.0397. The van der Waals surface area contributed by atoms with E-state index in [0.717, 1.165) is 18.4 Å². The number of nitrogens with zero attached hydrogens (tertiary/aromatic N) is 4. The van der Waals surface area contributed by atoms with E-state index < -0.39 is 10.0 Å². The fraction of sp³-hybridized carbons (Fsp3) is 0.500. The van der Waals surface area contributed by atoms with Crippen LogP contribution in [-0.4, -0.2) is 57.5 Å². The second-order valence-electron chi connectivity index (χ2n) is 7.25. The number of nitrogens with one attached hydrogen (secondary N) is 1. The van der Waals surface area contributed by atoms with Crippen LogP contribution in [0.25, 0.3) is 5.82 Å². The number of amides is 1. The largest absolute Gasteiger partial charge is 0.348 e. The smallest absolute Gasteiger partial charge is 0.270 e. The third-order valence-electron chi connectivity index (χ3n) is 5.05. The average molecular weight is 389 g/mol. The zero-order valence-electron chi connectivity index (χ0n) is 15.2. The molecular weight excluding hydrogens is 366 g/mol. The van der Waals surface area contributed by atoms with Crippen molar-refractivity contribution in [2.45, 2.75) is 43.9 Å². The standard InChI is InChI=1S/C18H23N5O3S/c1-13-10-16(21-17(11-13)22-9-6-19-12-22)18(24)20-14-4-7-23(8-5-14)27(25,26)15-2-3-15/h6,9-12,14-15H,2-5,7-8H2,1H3,(H,20,24). The Morgan fingerprint density at radius 3 is 2.56 bits per heavy atom. The Kier molecular flexibility index (Phi) is 4.73. The van der Waals surface area contributed by atoms with E-state index in [2.05, 4.69) is 15.3 Å². The average Bonchev–Trinajstić information content (AvgIpc) is 3.37. The fourth-order valence-corrected chi connectivity index (χ4v) is 5.26. The highest BCUT2D eigenvalue weighted by molar-refractivity contribution is 7.90. The Hall–Kier alpha value is -2.26. The first-order valence-corrected chi connectivity index (χ1v) is 10.7. The molecule has 0 atom stereocenters. The number of piperidine rings is 1. The van der Waals surface area contributed by atoms with Crippen molar-refractivity contribution in [1.82, 2.24) is 24.2 Å². The fourth-order valence-electron chi connectivity index (χ4n) is 3.38. The van der Waals surface area contributed by atoms with Crippen molar-refractivity contribution in [1.29, 1.82) is 0 Å². The molecule has 144 valence electrons. The zero-order valence-corrected chi connectivity index (χ0v) is 16.0. The highest BCUT2D eigenvalue weighted by Crippen LogP contribution is 2.32. The van der Waals surface area contributed by atoms with Gasteiger partial charge in [0.05, 0.1) is 5.25 Å². The van der Waals surface area contributed by atoms with Crippen LogP contribution in [0.15, 0.2) is 30.9 Å². The number of hydrogen-bond donors (Lipinski definition) is 1. The van der Waals surface area contributed by atoms with Gasteiger partial charge < -0.3 is 5.32 Å². The Labute approximate surface area is 158 Å². The molecule has 2 aliphatic rings. The first-order valence-electron chi connectivity index (χ1n) is 9.20. The lowest BCUT2D eigenvalue weighted by atomic mass is 10.1. The van der Waals surface area contributed by atoms with Gasteiger partial charge in [0.15, 0.2) is 0 Å². The number of aromatic nitrogens is 3. The Bertz CT molecular complexity index is 930. The first kappa shape index (κ1) is 18.1. The molecule has 1 amide bonds. The van der Waals surface area contributed by atoms with Gasteiger partial charge in [-0.3, -0.25) is 9.36 Å². The predicted molar refractivity (Wildman–Crippen MR) is 100 cm³/mol. The van der Waals surface area contributed by atoms with Crippen molar-refractivity contribution in [2.24, 2.45) is 0 Å². The second-order valence-corrected chi connectivity index (χ2v) is 9.46. The molecule has 1 N–H and O–H groups in total. The van der Waals surface area contributed by atoms with Crippen LogP contribution in [-0.2, 0) is 10.0 Å². The Balaban J connectivity index is 1.40. The van der Waals surface area contributed by atoms with Gasteiger partial charge in [0.2, 0.25) is 10.0 Å². The molecule has 2 aromatic rings. The van der Waals surface area contributed by atoms with Crippen LogP contribution in [0, 0.1) is 6.92 Å². The maximum absolute atomic E-state index is 12.7. The quantitative estimate of drug-likeness (QED) is 0.830. The van der Waals surface area contributed by atoms with Gasteiger partial charge in [0.1, 0.15) is 17.8 Å². The number of pyridine rings is 1.